The summed E-state index contributed by atoms with van der Waals surface area (Å²) >= 11 is 11.8. The lowest BCUT2D eigenvalue weighted by Gasteiger charge is -2.35. The van der Waals surface area contributed by atoms with Crippen LogP contribution in [0.15, 0.2) is 41.7 Å². The Hall–Kier alpha value is -3.03. The molecule has 1 aromatic carbocycles. The molecule has 0 bridgehead atoms. The summed E-state index contributed by atoms with van der Waals surface area (Å²) in [5.74, 6) is -0.720. The third kappa shape index (κ3) is 6.49. The maximum atomic E-state index is 12.8. The van der Waals surface area contributed by atoms with Crippen LogP contribution in [0.1, 0.15) is 17.0 Å². The van der Waals surface area contributed by atoms with E-state index in [9.17, 15) is 23.2 Å². The summed E-state index contributed by atoms with van der Waals surface area (Å²) in [6.07, 6.45) is -2.49. The van der Waals surface area contributed by atoms with Gasteiger partial charge in [0.2, 0.25) is 0 Å². The number of hydrogen-bond acceptors (Lipinski definition) is 6. The molecule has 2 aromatic rings. The number of carbonyl (C=O) groups is 1. The molecular weight excluding hydrogens is 482 g/mol. The highest BCUT2D eigenvalue weighted by molar-refractivity contribution is 6.33. The Labute approximate surface area is 197 Å². The normalized spacial score (nSPS) is 15.4. The minimum absolute atomic E-state index is 0.102. The topological polar surface area (TPSA) is 81.8 Å². The van der Waals surface area contributed by atoms with E-state index in [4.69, 9.17) is 28.0 Å². The molecule has 1 aromatic heterocycles. The van der Waals surface area contributed by atoms with E-state index in [1.165, 1.54) is 6.21 Å². The Bertz CT molecular complexity index is 1050. The van der Waals surface area contributed by atoms with Crippen LogP contribution in [0.25, 0.3) is 0 Å². The molecule has 174 valence electrons. The van der Waals surface area contributed by atoms with Crippen LogP contribution in [0.2, 0.25) is 10.0 Å². The van der Waals surface area contributed by atoms with Crippen molar-refractivity contribution >= 4 is 41.1 Å². The molecule has 0 radical (unpaired) electrons. The van der Waals surface area contributed by atoms with Crippen molar-refractivity contribution in [2.45, 2.75) is 12.1 Å². The summed E-state index contributed by atoms with van der Waals surface area (Å²) in [6.45, 7) is 1.02. The first-order valence-corrected chi connectivity index (χ1v) is 10.5. The van der Waals surface area contributed by atoms with Crippen LogP contribution in [0.5, 0.6) is 0 Å². The van der Waals surface area contributed by atoms with Crippen LogP contribution in [-0.2, 0) is 15.8 Å². The van der Waals surface area contributed by atoms with Gasteiger partial charge in [0.25, 0.3) is 5.91 Å². The fourth-order valence-corrected chi connectivity index (χ4v) is 3.55. The zero-order valence-corrected chi connectivity index (χ0v) is 18.6. The summed E-state index contributed by atoms with van der Waals surface area (Å²) in [4.78, 5) is 24.5. The molecule has 1 fully saturated rings. The summed E-state index contributed by atoms with van der Waals surface area (Å²) in [6, 6.07) is 9.63. The number of anilines is 1. The average molecular weight is 500 g/mol. The number of piperazine rings is 1. The van der Waals surface area contributed by atoms with Crippen molar-refractivity contribution in [3.63, 3.8) is 0 Å². The quantitative estimate of drug-likeness (QED) is 0.435. The molecule has 12 heteroatoms. The van der Waals surface area contributed by atoms with Gasteiger partial charge in [-0.05, 0) is 23.8 Å². The van der Waals surface area contributed by atoms with E-state index >= 15 is 0 Å². The molecular formula is C21H18Cl2F3N5O2. The van der Waals surface area contributed by atoms with Crippen molar-refractivity contribution in [1.29, 1.82) is 5.26 Å². The molecule has 0 aliphatic carbocycles. The number of benzene rings is 1. The lowest BCUT2D eigenvalue weighted by Crippen LogP contribution is -2.50. The standard InChI is InChI=1S/C21H18Cl2F3N5O2/c22-17-3-1-14(2-4-17)15(10-27)11-29-33-13-19(32)30-5-7-31(8-6-30)20-18(23)9-16(12-28-20)21(24,25)26/h1-4,9,11-12,15H,5-8,13H2/b29-11-/t15-/m1/s1. The minimum Gasteiger partial charge on any atom is -0.386 e. The molecule has 7 nitrogen and oxygen atoms in total. The average Bonchev–Trinajstić information content (AvgIpc) is 2.79. The third-order valence-corrected chi connectivity index (χ3v) is 5.45. The lowest BCUT2D eigenvalue weighted by molar-refractivity contribution is -0.138. The first-order valence-electron chi connectivity index (χ1n) is 9.75. The van der Waals surface area contributed by atoms with Crippen LogP contribution >= 0.6 is 23.2 Å². The number of hydrogen-bond donors (Lipinski definition) is 0. The Morgan fingerprint density at radius 3 is 2.48 bits per heavy atom. The number of aromatic nitrogens is 1. The summed E-state index contributed by atoms with van der Waals surface area (Å²) < 4.78 is 38.3. The maximum Gasteiger partial charge on any atom is 0.417 e. The van der Waals surface area contributed by atoms with Crippen molar-refractivity contribution in [1.82, 2.24) is 9.88 Å². The largest absolute Gasteiger partial charge is 0.417 e. The van der Waals surface area contributed by atoms with Gasteiger partial charge in [-0.25, -0.2) is 4.98 Å². The Kier molecular flexibility index (Phi) is 8.00. The molecule has 33 heavy (non-hydrogen) atoms. The number of pyridine rings is 1. The van der Waals surface area contributed by atoms with E-state index in [0.717, 1.165) is 12.3 Å². The fourth-order valence-electron chi connectivity index (χ4n) is 3.14. The van der Waals surface area contributed by atoms with E-state index in [0.29, 0.717) is 36.8 Å². The van der Waals surface area contributed by atoms with E-state index < -0.39 is 17.7 Å². The van der Waals surface area contributed by atoms with Gasteiger partial charge in [-0.15, -0.1) is 0 Å². The summed E-state index contributed by atoms with van der Waals surface area (Å²) in [5.41, 5.74) is -0.232. The Morgan fingerprint density at radius 1 is 1.24 bits per heavy atom. The van der Waals surface area contributed by atoms with Gasteiger partial charge in [-0.3, -0.25) is 4.79 Å². The molecule has 3 rings (SSSR count). The van der Waals surface area contributed by atoms with Crippen LogP contribution in [0.4, 0.5) is 19.0 Å². The number of nitriles is 1. The molecule has 0 saturated carbocycles. The second-order valence-electron chi connectivity index (χ2n) is 7.08. The van der Waals surface area contributed by atoms with Crippen molar-refractivity contribution in [3.8, 4) is 6.07 Å². The SMILES string of the molecule is N#C[C@H](/C=N\OCC(=O)N1CCN(c2ncc(C(F)(F)F)cc2Cl)CC1)c1ccc(Cl)cc1. The number of amides is 1. The van der Waals surface area contributed by atoms with Crippen molar-refractivity contribution in [3.05, 3.63) is 57.7 Å². The molecule has 1 aliphatic rings. The number of alkyl halides is 3. The second kappa shape index (κ2) is 10.7. The minimum atomic E-state index is -4.52. The van der Waals surface area contributed by atoms with Gasteiger partial charge in [0, 0.05) is 37.4 Å². The summed E-state index contributed by atoms with van der Waals surface area (Å²) in [5, 5.41) is 13.4. The van der Waals surface area contributed by atoms with Crippen molar-refractivity contribution < 1.29 is 22.8 Å². The number of oxime groups is 1. The molecule has 1 saturated heterocycles. The van der Waals surface area contributed by atoms with Gasteiger partial charge in [0.15, 0.2) is 6.61 Å². The number of rotatable bonds is 6. The summed E-state index contributed by atoms with van der Waals surface area (Å²) in [7, 11) is 0. The third-order valence-electron chi connectivity index (χ3n) is 4.92. The predicted octanol–water partition coefficient (Wildman–Crippen LogP) is 4.37. The molecule has 0 spiro atoms. The number of nitrogens with zero attached hydrogens (tertiary/aromatic N) is 5. The molecule has 0 N–H and O–H groups in total. The fraction of sp³-hybridized carbons (Fsp3) is 0.333. The van der Waals surface area contributed by atoms with E-state index in [2.05, 4.69) is 16.2 Å². The maximum absolute atomic E-state index is 12.8. The zero-order chi connectivity index (χ0) is 24.0. The second-order valence-corrected chi connectivity index (χ2v) is 7.92. The molecule has 2 heterocycles. The van der Waals surface area contributed by atoms with Crippen LogP contribution in [0, 0.1) is 11.3 Å². The van der Waals surface area contributed by atoms with Crippen LogP contribution in [0.3, 0.4) is 0 Å². The van der Waals surface area contributed by atoms with Gasteiger partial charge in [-0.2, -0.15) is 18.4 Å². The molecule has 1 aliphatic heterocycles. The number of halogens is 5. The van der Waals surface area contributed by atoms with Crippen molar-refractivity contribution in [2.24, 2.45) is 5.16 Å². The molecule has 1 amide bonds. The van der Waals surface area contributed by atoms with Crippen LogP contribution in [-0.4, -0.2) is 54.8 Å². The highest BCUT2D eigenvalue weighted by Gasteiger charge is 2.32. The smallest absolute Gasteiger partial charge is 0.386 e. The Morgan fingerprint density at radius 2 is 1.91 bits per heavy atom. The van der Waals surface area contributed by atoms with E-state index in [-0.39, 0.29) is 23.4 Å². The van der Waals surface area contributed by atoms with Gasteiger partial charge in [0.1, 0.15) is 11.7 Å². The van der Waals surface area contributed by atoms with Crippen molar-refractivity contribution in [2.75, 3.05) is 37.7 Å². The van der Waals surface area contributed by atoms with Gasteiger partial charge in [0.05, 0.1) is 22.9 Å². The molecule has 1 atom stereocenters. The monoisotopic (exact) mass is 499 g/mol. The van der Waals surface area contributed by atoms with E-state index in [1.54, 1.807) is 34.1 Å². The highest BCUT2D eigenvalue weighted by atomic mass is 35.5. The van der Waals surface area contributed by atoms with E-state index in [1.807, 2.05) is 0 Å². The first-order chi connectivity index (χ1) is 15.7. The van der Waals surface area contributed by atoms with Gasteiger partial charge in [-0.1, -0.05) is 40.5 Å². The predicted molar refractivity (Wildman–Crippen MR) is 117 cm³/mol. The van der Waals surface area contributed by atoms with Crippen LogP contribution < -0.4 is 4.90 Å². The first kappa shape index (κ1) is 24.6. The van der Waals surface area contributed by atoms with Gasteiger partial charge < -0.3 is 14.6 Å². The molecule has 0 unspecified atom stereocenters. The lowest BCUT2D eigenvalue weighted by atomic mass is 10.0. The Balaban J connectivity index is 1.48. The zero-order valence-electron chi connectivity index (χ0n) is 17.1. The highest BCUT2D eigenvalue weighted by Crippen LogP contribution is 2.33. The number of carbonyl (C=O) groups excluding carboxylic acids is 1. The van der Waals surface area contributed by atoms with Gasteiger partial charge >= 0.3 is 6.18 Å².